The summed E-state index contributed by atoms with van der Waals surface area (Å²) in [6, 6.07) is 15.9. The molecule has 0 saturated carbocycles. The molecule has 126 valence electrons. The molecular weight excluding hydrogens is 302 g/mol. The lowest BCUT2D eigenvalue weighted by Crippen LogP contribution is -2.30. The first-order valence-electron chi connectivity index (χ1n) is 8.35. The van der Waals surface area contributed by atoms with Gasteiger partial charge in [0.1, 0.15) is 5.75 Å². The summed E-state index contributed by atoms with van der Waals surface area (Å²) in [4.78, 5) is 13.4. The third-order valence-corrected chi connectivity index (χ3v) is 4.73. The van der Waals surface area contributed by atoms with Crippen LogP contribution in [0.3, 0.4) is 0 Å². The Balaban J connectivity index is 1.68. The topological polar surface area (TPSA) is 49.8 Å². The molecule has 1 aliphatic rings. The Morgan fingerprint density at radius 2 is 1.96 bits per heavy atom. The molecule has 1 heterocycles. The van der Waals surface area contributed by atoms with Gasteiger partial charge in [-0.2, -0.15) is 0 Å². The summed E-state index contributed by atoms with van der Waals surface area (Å²) in [6.07, 6.45) is 3.37. The molecule has 3 rings (SSSR count). The first-order chi connectivity index (χ1) is 11.7. The van der Waals surface area contributed by atoms with Gasteiger partial charge in [0.15, 0.2) is 0 Å². The van der Waals surface area contributed by atoms with Crippen molar-refractivity contribution in [2.45, 2.75) is 31.8 Å². The summed E-state index contributed by atoms with van der Waals surface area (Å²) in [7, 11) is 1.72. The smallest absolute Gasteiger partial charge is 0.335 e. The Hall–Kier alpha value is -2.33. The number of carboxylic acids is 1. The summed E-state index contributed by atoms with van der Waals surface area (Å²) < 4.78 is 5.47. The zero-order valence-electron chi connectivity index (χ0n) is 13.9. The number of para-hydroxylation sites is 1. The second kappa shape index (κ2) is 7.49. The molecule has 24 heavy (non-hydrogen) atoms. The summed E-state index contributed by atoms with van der Waals surface area (Å²) in [5.74, 6) is 0.0759. The standard InChI is InChI=1S/C20H23NO3/c1-24-19-7-3-2-5-17(19)13-18-6-4-12-21(18)14-15-8-10-16(11-9-15)20(22)23/h2-3,5,7-11,18H,4,6,12-14H2,1H3,(H,22,23). The molecule has 1 N–H and O–H groups in total. The molecule has 1 fully saturated rings. The molecule has 0 radical (unpaired) electrons. The molecule has 2 aromatic carbocycles. The zero-order chi connectivity index (χ0) is 16.9. The molecule has 0 bridgehead atoms. The third-order valence-electron chi connectivity index (χ3n) is 4.73. The van der Waals surface area contributed by atoms with Crippen molar-refractivity contribution in [3.05, 3.63) is 65.2 Å². The van der Waals surface area contributed by atoms with Gasteiger partial charge in [-0.15, -0.1) is 0 Å². The molecule has 4 nitrogen and oxygen atoms in total. The van der Waals surface area contributed by atoms with Gasteiger partial charge in [-0.1, -0.05) is 30.3 Å². The van der Waals surface area contributed by atoms with Crippen molar-refractivity contribution in [1.29, 1.82) is 0 Å². The molecule has 0 aromatic heterocycles. The van der Waals surface area contributed by atoms with E-state index in [2.05, 4.69) is 17.0 Å². The predicted molar refractivity (Wildman–Crippen MR) is 93.5 cm³/mol. The van der Waals surface area contributed by atoms with Crippen LogP contribution < -0.4 is 4.74 Å². The minimum Gasteiger partial charge on any atom is -0.496 e. The van der Waals surface area contributed by atoms with Crippen LogP contribution in [0.1, 0.15) is 34.3 Å². The average Bonchev–Trinajstić information content (AvgIpc) is 3.02. The van der Waals surface area contributed by atoms with E-state index in [1.54, 1.807) is 19.2 Å². The first-order valence-corrected chi connectivity index (χ1v) is 8.35. The molecule has 1 unspecified atom stereocenters. The van der Waals surface area contributed by atoms with Gasteiger partial charge in [0.05, 0.1) is 12.7 Å². The summed E-state index contributed by atoms with van der Waals surface area (Å²) in [6.45, 7) is 1.94. The van der Waals surface area contributed by atoms with Crippen LogP contribution in [-0.2, 0) is 13.0 Å². The number of aromatic carboxylic acids is 1. The quantitative estimate of drug-likeness (QED) is 0.881. The van der Waals surface area contributed by atoms with Crippen LogP contribution in [0.25, 0.3) is 0 Å². The Morgan fingerprint density at radius 3 is 2.67 bits per heavy atom. The summed E-state index contributed by atoms with van der Waals surface area (Å²) in [5.41, 5.74) is 2.75. The van der Waals surface area contributed by atoms with Crippen LogP contribution in [0.15, 0.2) is 48.5 Å². The van der Waals surface area contributed by atoms with E-state index in [0.717, 1.165) is 30.8 Å². The van der Waals surface area contributed by atoms with Gasteiger partial charge in [-0.25, -0.2) is 4.79 Å². The normalized spacial score (nSPS) is 17.8. The van der Waals surface area contributed by atoms with E-state index in [0.29, 0.717) is 11.6 Å². The monoisotopic (exact) mass is 325 g/mol. The number of ether oxygens (including phenoxy) is 1. The van der Waals surface area contributed by atoms with Crippen LogP contribution in [0.2, 0.25) is 0 Å². The lowest BCUT2D eigenvalue weighted by molar-refractivity contribution is 0.0697. The van der Waals surface area contributed by atoms with Crippen molar-refractivity contribution in [3.8, 4) is 5.75 Å². The first kappa shape index (κ1) is 16.5. The zero-order valence-corrected chi connectivity index (χ0v) is 13.9. The van der Waals surface area contributed by atoms with Gasteiger partial charge < -0.3 is 9.84 Å². The van der Waals surface area contributed by atoms with Crippen molar-refractivity contribution < 1.29 is 14.6 Å². The predicted octanol–water partition coefficient (Wildman–Crippen LogP) is 3.60. The highest BCUT2D eigenvalue weighted by Crippen LogP contribution is 2.27. The SMILES string of the molecule is COc1ccccc1CC1CCCN1Cc1ccc(C(=O)O)cc1. The van der Waals surface area contributed by atoms with Gasteiger partial charge >= 0.3 is 5.97 Å². The van der Waals surface area contributed by atoms with Gasteiger partial charge in [0.25, 0.3) is 0 Å². The van der Waals surface area contributed by atoms with E-state index in [-0.39, 0.29) is 0 Å². The van der Waals surface area contributed by atoms with Crippen LogP contribution in [0.5, 0.6) is 5.75 Å². The highest BCUT2D eigenvalue weighted by Gasteiger charge is 2.25. The molecule has 4 heteroatoms. The largest absolute Gasteiger partial charge is 0.496 e. The van der Waals surface area contributed by atoms with E-state index >= 15 is 0 Å². The maximum Gasteiger partial charge on any atom is 0.335 e. The van der Waals surface area contributed by atoms with Gasteiger partial charge in [0.2, 0.25) is 0 Å². The van der Waals surface area contributed by atoms with Crippen molar-refractivity contribution >= 4 is 5.97 Å². The molecular formula is C20H23NO3. The number of rotatable bonds is 6. The summed E-state index contributed by atoms with van der Waals surface area (Å²) >= 11 is 0. The van der Waals surface area contributed by atoms with Crippen molar-refractivity contribution in [1.82, 2.24) is 4.90 Å². The van der Waals surface area contributed by atoms with Crippen molar-refractivity contribution in [2.75, 3.05) is 13.7 Å². The molecule has 1 aliphatic heterocycles. The fraction of sp³-hybridized carbons (Fsp3) is 0.350. The third kappa shape index (κ3) is 3.77. The lowest BCUT2D eigenvalue weighted by atomic mass is 10.0. The van der Waals surface area contributed by atoms with Crippen LogP contribution in [-0.4, -0.2) is 35.7 Å². The minimum absolute atomic E-state index is 0.339. The molecule has 0 amide bonds. The number of hydrogen-bond acceptors (Lipinski definition) is 3. The molecule has 1 saturated heterocycles. The number of methoxy groups -OCH3 is 1. The van der Waals surface area contributed by atoms with E-state index in [1.807, 2.05) is 24.3 Å². The van der Waals surface area contributed by atoms with Crippen LogP contribution in [0.4, 0.5) is 0 Å². The fourth-order valence-corrected chi connectivity index (χ4v) is 3.45. The Labute approximate surface area is 142 Å². The second-order valence-electron chi connectivity index (χ2n) is 6.28. The number of carboxylic acid groups (broad SMARTS) is 1. The fourth-order valence-electron chi connectivity index (χ4n) is 3.45. The highest BCUT2D eigenvalue weighted by atomic mass is 16.5. The lowest BCUT2D eigenvalue weighted by Gasteiger charge is -2.25. The van der Waals surface area contributed by atoms with Crippen molar-refractivity contribution in [3.63, 3.8) is 0 Å². The Morgan fingerprint density at radius 1 is 1.21 bits per heavy atom. The van der Waals surface area contributed by atoms with E-state index < -0.39 is 5.97 Å². The summed E-state index contributed by atoms with van der Waals surface area (Å²) in [5, 5.41) is 8.99. The maximum atomic E-state index is 11.0. The Kier molecular flexibility index (Phi) is 5.16. The number of nitrogens with zero attached hydrogens (tertiary/aromatic N) is 1. The van der Waals surface area contributed by atoms with Gasteiger partial charge in [0, 0.05) is 12.6 Å². The van der Waals surface area contributed by atoms with Crippen molar-refractivity contribution in [2.24, 2.45) is 0 Å². The van der Waals surface area contributed by atoms with E-state index in [9.17, 15) is 4.79 Å². The number of carbonyl (C=O) groups is 1. The van der Waals surface area contributed by atoms with Gasteiger partial charge in [-0.05, 0) is 55.1 Å². The van der Waals surface area contributed by atoms with Gasteiger partial charge in [-0.3, -0.25) is 4.90 Å². The number of hydrogen-bond donors (Lipinski definition) is 1. The average molecular weight is 325 g/mol. The molecule has 1 atom stereocenters. The van der Waals surface area contributed by atoms with Crippen LogP contribution in [0, 0.1) is 0 Å². The second-order valence-corrected chi connectivity index (χ2v) is 6.28. The minimum atomic E-state index is -0.878. The molecule has 2 aromatic rings. The van der Waals surface area contributed by atoms with E-state index in [4.69, 9.17) is 9.84 Å². The number of likely N-dealkylation sites (tertiary alicyclic amines) is 1. The maximum absolute atomic E-state index is 11.0. The van der Waals surface area contributed by atoms with Crippen LogP contribution >= 0.6 is 0 Å². The molecule has 0 spiro atoms. The number of benzene rings is 2. The highest BCUT2D eigenvalue weighted by molar-refractivity contribution is 5.87. The van der Waals surface area contributed by atoms with E-state index in [1.165, 1.54) is 18.4 Å². The molecule has 0 aliphatic carbocycles. The Bertz CT molecular complexity index is 696.